The molecule has 2 rings (SSSR count). The summed E-state index contributed by atoms with van der Waals surface area (Å²) >= 11 is 0. The number of hydrogen-bond acceptors (Lipinski definition) is 4. The largest absolute Gasteiger partial charge is 0.436 e. The van der Waals surface area contributed by atoms with Crippen LogP contribution in [0.4, 0.5) is 0 Å². The van der Waals surface area contributed by atoms with Gasteiger partial charge in [-0.15, -0.1) is 0 Å². The first-order chi connectivity index (χ1) is 11.5. The van der Waals surface area contributed by atoms with E-state index in [4.69, 9.17) is 13.9 Å². The Hall–Kier alpha value is -1.17. The van der Waals surface area contributed by atoms with Gasteiger partial charge in [0.05, 0.1) is 12.2 Å². The molecule has 0 spiro atoms. The Morgan fingerprint density at radius 1 is 1.12 bits per heavy atom. The number of rotatable bonds is 7. The first kappa shape index (κ1) is 19.2. The maximum absolute atomic E-state index is 11.4. The van der Waals surface area contributed by atoms with Crippen molar-refractivity contribution in [1.29, 1.82) is 0 Å². The summed E-state index contributed by atoms with van der Waals surface area (Å²) in [6.07, 6.45) is 0.906. The second-order valence-corrected chi connectivity index (χ2v) is 11.3. The van der Waals surface area contributed by atoms with Gasteiger partial charge in [-0.3, -0.25) is 4.79 Å². The molecule has 1 saturated heterocycles. The van der Waals surface area contributed by atoms with Crippen molar-refractivity contribution < 1.29 is 18.7 Å². The van der Waals surface area contributed by atoms with E-state index in [1.54, 1.807) is 0 Å². The first-order valence-electron chi connectivity index (χ1n) is 9.07. The van der Waals surface area contributed by atoms with E-state index in [0.717, 1.165) is 30.1 Å². The zero-order chi connectivity index (χ0) is 17.6. The Balaban J connectivity index is 2.16. The molecule has 0 N–H and O–H groups in total. The van der Waals surface area contributed by atoms with Gasteiger partial charge in [0.25, 0.3) is 0 Å². The second kappa shape index (κ2) is 8.79. The Labute approximate surface area is 146 Å². The molecule has 0 unspecified atom stereocenters. The maximum atomic E-state index is 11.4. The normalized spacial score (nSPS) is 24.6. The molecule has 134 valence electrons. The van der Waals surface area contributed by atoms with Crippen molar-refractivity contribution in [3.63, 3.8) is 0 Å². The van der Waals surface area contributed by atoms with Crippen molar-refractivity contribution in [1.82, 2.24) is 0 Å². The van der Waals surface area contributed by atoms with Crippen molar-refractivity contribution in [2.75, 3.05) is 0 Å². The van der Waals surface area contributed by atoms with Crippen molar-refractivity contribution in [3.8, 4) is 0 Å². The van der Waals surface area contributed by atoms with Crippen LogP contribution in [0.1, 0.15) is 52.2 Å². The van der Waals surface area contributed by atoms with Crippen LogP contribution < -0.4 is 0 Å². The smallest absolute Gasteiger partial charge is 0.304 e. The standard InChI is InChI=1S/C19H30O4Si/c1-5-24(6-2,7-3)23-17-13-18(16-11-9-8-10-12-16)22-19(14-17)21-15(4)20/h8-12,17-19H,5-7,13-14H2,1-4H3/t17-,18+,19+/m1/s1. The minimum absolute atomic E-state index is 0.0832. The molecular formula is C19H30O4Si. The van der Waals surface area contributed by atoms with Gasteiger partial charge in [-0.2, -0.15) is 0 Å². The van der Waals surface area contributed by atoms with Gasteiger partial charge in [0, 0.05) is 19.8 Å². The van der Waals surface area contributed by atoms with Crippen molar-refractivity contribution in [2.24, 2.45) is 0 Å². The minimum Gasteiger partial charge on any atom is -0.436 e. The molecule has 1 aliphatic rings. The third-order valence-electron chi connectivity index (χ3n) is 5.07. The van der Waals surface area contributed by atoms with E-state index in [1.807, 2.05) is 18.2 Å². The lowest BCUT2D eigenvalue weighted by Gasteiger charge is -2.40. The summed E-state index contributed by atoms with van der Waals surface area (Å²) in [6.45, 7) is 8.12. The summed E-state index contributed by atoms with van der Waals surface area (Å²) in [4.78, 5) is 11.4. The Morgan fingerprint density at radius 2 is 1.75 bits per heavy atom. The van der Waals surface area contributed by atoms with Crippen LogP contribution in [0.5, 0.6) is 0 Å². The fraction of sp³-hybridized carbons (Fsp3) is 0.632. The molecule has 0 radical (unpaired) electrons. The van der Waals surface area contributed by atoms with Crippen molar-refractivity contribution in [2.45, 2.75) is 77.2 Å². The fourth-order valence-electron chi connectivity index (χ4n) is 3.44. The van der Waals surface area contributed by atoms with Crippen LogP contribution in [0, 0.1) is 0 Å². The molecule has 1 aliphatic heterocycles. The average Bonchev–Trinajstić information content (AvgIpc) is 2.60. The van der Waals surface area contributed by atoms with Crippen LogP contribution in [-0.2, 0) is 18.7 Å². The van der Waals surface area contributed by atoms with E-state index in [2.05, 4.69) is 32.9 Å². The lowest BCUT2D eigenvalue weighted by atomic mass is 9.99. The summed E-state index contributed by atoms with van der Waals surface area (Å²) in [5.41, 5.74) is 1.11. The molecule has 5 heteroatoms. The molecule has 1 fully saturated rings. The van der Waals surface area contributed by atoms with Crippen LogP contribution in [-0.4, -0.2) is 26.7 Å². The van der Waals surface area contributed by atoms with E-state index in [0.29, 0.717) is 6.42 Å². The lowest BCUT2D eigenvalue weighted by molar-refractivity contribution is -0.215. The third-order valence-corrected chi connectivity index (χ3v) is 9.77. The van der Waals surface area contributed by atoms with Gasteiger partial charge in [-0.1, -0.05) is 51.1 Å². The van der Waals surface area contributed by atoms with Crippen LogP contribution >= 0.6 is 0 Å². The van der Waals surface area contributed by atoms with Gasteiger partial charge in [0.1, 0.15) is 0 Å². The maximum Gasteiger partial charge on any atom is 0.304 e. The quantitative estimate of drug-likeness (QED) is 0.522. The summed E-state index contributed by atoms with van der Waals surface area (Å²) in [5, 5.41) is 0. The van der Waals surface area contributed by atoms with Gasteiger partial charge < -0.3 is 13.9 Å². The molecule has 1 aromatic rings. The number of esters is 1. The van der Waals surface area contributed by atoms with E-state index >= 15 is 0 Å². The molecule has 0 saturated carbocycles. The summed E-state index contributed by atoms with van der Waals surface area (Å²) in [7, 11) is -1.70. The topological polar surface area (TPSA) is 44.8 Å². The molecule has 1 aromatic carbocycles. The van der Waals surface area contributed by atoms with Crippen LogP contribution in [0.2, 0.25) is 18.1 Å². The predicted molar refractivity (Wildman–Crippen MR) is 97.1 cm³/mol. The zero-order valence-corrected chi connectivity index (χ0v) is 16.3. The second-order valence-electron chi connectivity index (χ2n) is 6.53. The number of hydrogen-bond donors (Lipinski definition) is 0. The summed E-state index contributed by atoms with van der Waals surface area (Å²) in [6, 6.07) is 13.5. The molecule has 3 atom stereocenters. The third kappa shape index (κ3) is 4.91. The minimum atomic E-state index is -1.70. The Kier molecular flexibility index (Phi) is 7.01. The molecule has 24 heavy (non-hydrogen) atoms. The van der Waals surface area contributed by atoms with Gasteiger partial charge in [-0.05, 0) is 23.7 Å². The Bertz CT molecular complexity index is 507. The van der Waals surface area contributed by atoms with E-state index in [9.17, 15) is 4.79 Å². The van der Waals surface area contributed by atoms with Crippen LogP contribution in [0.15, 0.2) is 30.3 Å². The summed E-state index contributed by atoms with van der Waals surface area (Å²) < 4.78 is 18.0. The van der Waals surface area contributed by atoms with E-state index in [1.165, 1.54) is 6.92 Å². The number of carbonyl (C=O) groups excluding carboxylic acids is 1. The highest BCUT2D eigenvalue weighted by atomic mass is 28.4. The highest BCUT2D eigenvalue weighted by Crippen LogP contribution is 2.36. The highest BCUT2D eigenvalue weighted by molar-refractivity contribution is 6.73. The monoisotopic (exact) mass is 350 g/mol. The number of benzene rings is 1. The van der Waals surface area contributed by atoms with Crippen LogP contribution in [0.3, 0.4) is 0 Å². The molecule has 1 heterocycles. The highest BCUT2D eigenvalue weighted by Gasteiger charge is 2.38. The van der Waals surface area contributed by atoms with Gasteiger partial charge in [-0.25, -0.2) is 0 Å². The molecule has 0 aliphatic carbocycles. The SMILES string of the molecule is CC[Si](CC)(CC)O[C@H]1C[C@@H](OC(C)=O)O[C@H](c2ccccc2)C1. The summed E-state index contributed by atoms with van der Waals surface area (Å²) in [5.74, 6) is -0.308. The molecule has 0 bridgehead atoms. The van der Waals surface area contributed by atoms with Crippen molar-refractivity contribution >= 4 is 14.3 Å². The number of ether oxygens (including phenoxy) is 2. The zero-order valence-electron chi connectivity index (χ0n) is 15.3. The fourth-order valence-corrected chi connectivity index (χ4v) is 6.34. The molecule has 0 amide bonds. The lowest BCUT2D eigenvalue weighted by Crippen LogP contribution is -2.44. The van der Waals surface area contributed by atoms with Gasteiger partial charge in [0.15, 0.2) is 8.32 Å². The first-order valence-corrected chi connectivity index (χ1v) is 11.6. The van der Waals surface area contributed by atoms with E-state index < -0.39 is 14.6 Å². The molecular weight excluding hydrogens is 320 g/mol. The van der Waals surface area contributed by atoms with E-state index in [-0.39, 0.29) is 18.2 Å². The predicted octanol–water partition coefficient (Wildman–Crippen LogP) is 4.82. The van der Waals surface area contributed by atoms with Crippen LogP contribution in [0.25, 0.3) is 0 Å². The van der Waals surface area contributed by atoms with Crippen molar-refractivity contribution in [3.05, 3.63) is 35.9 Å². The molecule has 0 aromatic heterocycles. The molecule has 4 nitrogen and oxygen atoms in total. The van der Waals surface area contributed by atoms with Gasteiger partial charge >= 0.3 is 5.97 Å². The number of carbonyl (C=O) groups is 1. The average molecular weight is 351 g/mol. The van der Waals surface area contributed by atoms with Gasteiger partial charge in [0.2, 0.25) is 6.29 Å². The Morgan fingerprint density at radius 3 is 2.29 bits per heavy atom.